The van der Waals surface area contributed by atoms with Crippen molar-refractivity contribution in [3.05, 3.63) is 30.5 Å². The topological polar surface area (TPSA) is 72.1 Å². The number of hydrogen-bond acceptors (Lipinski definition) is 5. The highest BCUT2D eigenvalue weighted by Gasteiger charge is 2.36. The van der Waals surface area contributed by atoms with Gasteiger partial charge in [0.1, 0.15) is 5.76 Å². The van der Waals surface area contributed by atoms with E-state index in [1.807, 2.05) is 4.90 Å². The van der Waals surface area contributed by atoms with Crippen molar-refractivity contribution in [2.45, 2.75) is 31.6 Å². The van der Waals surface area contributed by atoms with Crippen molar-refractivity contribution in [3.63, 3.8) is 0 Å². The van der Waals surface area contributed by atoms with Crippen LogP contribution in [0.2, 0.25) is 0 Å². The number of amides is 1. The lowest BCUT2D eigenvalue weighted by Gasteiger charge is -2.31. The third-order valence-electron chi connectivity index (χ3n) is 4.54. The van der Waals surface area contributed by atoms with Crippen LogP contribution in [0.15, 0.2) is 29.3 Å². The second-order valence-electron chi connectivity index (χ2n) is 6.07. The Morgan fingerprint density at radius 3 is 2.64 bits per heavy atom. The molecule has 1 amide bonds. The molecular weight excluding hydrogens is 280 g/mol. The van der Waals surface area contributed by atoms with Crippen LogP contribution in [0.1, 0.15) is 37.4 Å². The first-order valence-electron chi connectivity index (χ1n) is 7.82. The molecule has 2 fully saturated rings. The van der Waals surface area contributed by atoms with Crippen LogP contribution in [0.4, 0.5) is 0 Å². The Kier molecular flexibility index (Phi) is 3.36. The fraction of sp³-hybridized carbons (Fsp3) is 0.500. The van der Waals surface area contributed by atoms with E-state index in [1.165, 1.54) is 0 Å². The fourth-order valence-corrected chi connectivity index (χ4v) is 3.12. The summed E-state index contributed by atoms with van der Waals surface area (Å²) in [7, 11) is 0. The fourth-order valence-electron chi connectivity index (χ4n) is 3.12. The lowest BCUT2D eigenvalue weighted by atomic mass is 9.91. The Hall–Kier alpha value is -2.24. The predicted octanol–water partition coefficient (Wildman–Crippen LogP) is 2.25. The number of nitrogens with zero attached hydrogens (tertiary/aromatic N) is 4. The molecule has 4 rings (SSSR count). The number of hydrogen-bond donors (Lipinski definition) is 0. The van der Waals surface area contributed by atoms with Crippen LogP contribution in [-0.2, 0) is 4.79 Å². The third-order valence-corrected chi connectivity index (χ3v) is 4.54. The van der Waals surface area contributed by atoms with Gasteiger partial charge in [0.25, 0.3) is 0 Å². The van der Waals surface area contributed by atoms with E-state index in [0.717, 1.165) is 55.8 Å². The van der Waals surface area contributed by atoms with Gasteiger partial charge in [-0.3, -0.25) is 14.8 Å². The zero-order chi connectivity index (χ0) is 14.9. The second kappa shape index (κ2) is 5.51. The van der Waals surface area contributed by atoms with Crippen LogP contribution in [0.5, 0.6) is 0 Å². The molecule has 0 aromatic carbocycles. The Morgan fingerprint density at radius 2 is 1.95 bits per heavy atom. The zero-order valence-corrected chi connectivity index (χ0v) is 12.3. The van der Waals surface area contributed by atoms with Crippen molar-refractivity contribution < 1.29 is 9.32 Å². The molecule has 2 aromatic heterocycles. The summed E-state index contributed by atoms with van der Waals surface area (Å²) in [6, 6.07) is 0. The van der Waals surface area contributed by atoms with Crippen molar-refractivity contribution in [2.75, 3.05) is 13.1 Å². The number of carbonyl (C=O) groups is 1. The van der Waals surface area contributed by atoms with E-state index in [1.54, 1.807) is 24.8 Å². The van der Waals surface area contributed by atoms with E-state index in [-0.39, 0.29) is 0 Å². The first kappa shape index (κ1) is 13.4. The standard InChI is InChI=1S/C16H18N4O2/c21-16(12-1-2-12)20-7-3-11(4-8-20)15-13(9-19-22-15)14-10-17-5-6-18-14/h5-6,9-12H,1-4,7-8H2. The average molecular weight is 298 g/mol. The normalized spacial score (nSPS) is 19.4. The number of likely N-dealkylation sites (tertiary alicyclic amines) is 1. The summed E-state index contributed by atoms with van der Waals surface area (Å²) in [5, 5.41) is 3.94. The highest BCUT2D eigenvalue weighted by Crippen LogP contribution is 2.37. The Balaban J connectivity index is 1.48. The maximum atomic E-state index is 12.1. The van der Waals surface area contributed by atoms with Gasteiger partial charge in [-0.05, 0) is 25.7 Å². The molecule has 1 aliphatic heterocycles. The Labute approximate surface area is 128 Å². The molecule has 0 spiro atoms. The minimum Gasteiger partial charge on any atom is -0.360 e. The molecule has 0 N–H and O–H groups in total. The van der Waals surface area contributed by atoms with Crippen LogP contribution in [-0.4, -0.2) is 39.0 Å². The maximum absolute atomic E-state index is 12.1. The minimum atomic E-state index is 0.294. The molecular formula is C16H18N4O2. The molecule has 2 aliphatic rings. The first-order valence-corrected chi connectivity index (χ1v) is 7.82. The largest absolute Gasteiger partial charge is 0.360 e. The summed E-state index contributed by atoms with van der Waals surface area (Å²) in [5.41, 5.74) is 1.70. The molecule has 3 heterocycles. The summed E-state index contributed by atoms with van der Waals surface area (Å²) in [5.74, 6) is 1.81. The Bertz CT molecular complexity index is 658. The van der Waals surface area contributed by atoms with Crippen molar-refractivity contribution >= 4 is 5.91 Å². The number of aromatic nitrogens is 3. The van der Waals surface area contributed by atoms with Crippen molar-refractivity contribution in [1.82, 2.24) is 20.0 Å². The lowest BCUT2D eigenvalue weighted by molar-refractivity contribution is -0.133. The van der Waals surface area contributed by atoms with E-state index < -0.39 is 0 Å². The van der Waals surface area contributed by atoms with Crippen LogP contribution < -0.4 is 0 Å². The average Bonchev–Trinajstić information content (AvgIpc) is 3.32. The van der Waals surface area contributed by atoms with E-state index >= 15 is 0 Å². The molecule has 114 valence electrons. The molecule has 0 unspecified atom stereocenters. The molecule has 0 bridgehead atoms. The summed E-state index contributed by atoms with van der Waals surface area (Å²) in [4.78, 5) is 22.5. The summed E-state index contributed by atoms with van der Waals surface area (Å²) in [6.45, 7) is 1.61. The van der Waals surface area contributed by atoms with Gasteiger partial charge in [0.2, 0.25) is 5.91 Å². The summed E-state index contributed by atoms with van der Waals surface area (Å²) in [6.07, 6.45) is 10.7. The molecule has 1 aliphatic carbocycles. The van der Waals surface area contributed by atoms with E-state index in [0.29, 0.717) is 17.7 Å². The molecule has 1 saturated carbocycles. The van der Waals surface area contributed by atoms with Crippen LogP contribution in [0.3, 0.4) is 0 Å². The van der Waals surface area contributed by atoms with Crippen molar-refractivity contribution in [3.8, 4) is 11.3 Å². The predicted molar refractivity (Wildman–Crippen MR) is 78.8 cm³/mol. The van der Waals surface area contributed by atoms with E-state index in [9.17, 15) is 4.79 Å². The summed E-state index contributed by atoms with van der Waals surface area (Å²) >= 11 is 0. The van der Waals surface area contributed by atoms with Gasteiger partial charge in [-0.25, -0.2) is 0 Å². The van der Waals surface area contributed by atoms with Crippen molar-refractivity contribution in [2.24, 2.45) is 5.92 Å². The van der Waals surface area contributed by atoms with Crippen LogP contribution in [0, 0.1) is 5.92 Å². The molecule has 2 aromatic rings. The molecule has 6 heteroatoms. The number of rotatable bonds is 3. The molecule has 0 atom stereocenters. The number of carbonyl (C=O) groups excluding carboxylic acids is 1. The van der Waals surface area contributed by atoms with Gasteiger partial charge >= 0.3 is 0 Å². The monoisotopic (exact) mass is 298 g/mol. The van der Waals surface area contributed by atoms with E-state index in [4.69, 9.17) is 4.52 Å². The molecule has 1 saturated heterocycles. The third kappa shape index (κ3) is 2.49. The number of piperidine rings is 1. The van der Waals surface area contributed by atoms with Crippen molar-refractivity contribution in [1.29, 1.82) is 0 Å². The van der Waals surface area contributed by atoms with Gasteiger partial charge in [0, 0.05) is 37.3 Å². The van der Waals surface area contributed by atoms with Gasteiger partial charge in [-0.15, -0.1) is 0 Å². The minimum absolute atomic E-state index is 0.294. The molecule has 22 heavy (non-hydrogen) atoms. The highest BCUT2D eigenvalue weighted by molar-refractivity contribution is 5.81. The van der Waals surface area contributed by atoms with E-state index in [2.05, 4.69) is 15.1 Å². The van der Waals surface area contributed by atoms with Gasteiger partial charge in [-0.1, -0.05) is 5.16 Å². The van der Waals surface area contributed by atoms with Crippen LogP contribution >= 0.6 is 0 Å². The Morgan fingerprint density at radius 1 is 1.14 bits per heavy atom. The first-order chi connectivity index (χ1) is 10.8. The smallest absolute Gasteiger partial charge is 0.225 e. The SMILES string of the molecule is O=C(C1CC1)N1CCC(c2oncc2-c2cnccn2)CC1. The van der Waals surface area contributed by atoms with Crippen LogP contribution in [0.25, 0.3) is 11.3 Å². The van der Waals surface area contributed by atoms with Gasteiger partial charge in [0.05, 0.1) is 23.7 Å². The zero-order valence-electron chi connectivity index (χ0n) is 12.3. The summed E-state index contributed by atoms with van der Waals surface area (Å²) < 4.78 is 5.49. The quantitative estimate of drug-likeness (QED) is 0.869. The maximum Gasteiger partial charge on any atom is 0.225 e. The van der Waals surface area contributed by atoms with Gasteiger partial charge in [-0.2, -0.15) is 0 Å². The lowest BCUT2D eigenvalue weighted by Crippen LogP contribution is -2.38. The molecule has 0 radical (unpaired) electrons. The highest BCUT2D eigenvalue weighted by atomic mass is 16.5. The van der Waals surface area contributed by atoms with Gasteiger partial charge < -0.3 is 9.42 Å². The van der Waals surface area contributed by atoms with Gasteiger partial charge in [0.15, 0.2) is 0 Å². The molecule has 6 nitrogen and oxygen atoms in total. The second-order valence-corrected chi connectivity index (χ2v) is 6.07.